The molecule has 0 heterocycles. The Balaban J connectivity index is 2.94. The van der Waals surface area contributed by atoms with Crippen LogP contribution in [0.4, 0.5) is 35.1 Å². The number of carbonyl (C=O) groups is 1. The number of esters is 1. The van der Waals surface area contributed by atoms with Crippen molar-refractivity contribution in [1.82, 2.24) is 0 Å². The summed E-state index contributed by atoms with van der Waals surface area (Å²) >= 11 is 0. The molecule has 0 spiro atoms. The number of phenols is 1. The van der Waals surface area contributed by atoms with Crippen LogP contribution < -0.4 is 4.74 Å². The van der Waals surface area contributed by atoms with Crippen molar-refractivity contribution in [2.24, 2.45) is 0 Å². The predicted octanol–water partition coefficient (Wildman–Crippen LogP) is 4.10. The van der Waals surface area contributed by atoms with Gasteiger partial charge in [-0.3, -0.25) is 4.79 Å². The third kappa shape index (κ3) is 2.75. The molecule has 0 aliphatic carbocycles. The fourth-order valence-electron chi connectivity index (χ4n) is 1.90. The highest BCUT2D eigenvalue weighted by molar-refractivity contribution is 5.72. The molecule has 2 aromatic carbocycles. The first kappa shape index (κ1) is 18.5. The summed E-state index contributed by atoms with van der Waals surface area (Å²) in [6, 6.07) is 0. The molecule has 11 heteroatoms. The molecule has 2 rings (SSSR count). The van der Waals surface area contributed by atoms with Gasteiger partial charge in [0.05, 0.1) is 11.1 Å². The Labute approximate surface area is 133 Å². The van der Waals surface area contributed by atoms with Crippen LogP contribution in [0.3, 0.4) is 0 Å². The molecule has 2 aromatic rings. The Morgan fingerprint density at radius 3 is 1.32 bits per heavy atom. The van der Waals surface area contributed by atoms with E-state index in [-0.39, 0.29) is 0 Å². The van der Waals surface area contributed by atoms with Gasteiger partial charge in [0.2, 0.25) is 29.0 Å². The average molecular weight is 372 g/mol. The van der Waals surface area contributed by atoms with E-state index in [1.54, 1.807) is 0 Å². The van der Waals surface area contributed by atoms with Gasteiger partial charge in [-0.2, -0.15) is 17.6 Å². The molecule has 3 nitrogen and oxygen atoms in total. The Kier molecular flexibility index (Phi) is 4.60. The lowest BCUT2D eigenvalue weighted by molar-refractivity contribution is -0.132. The highest BCUT2D eigenvalue weighted by Crippen LogP contribution is 2.41. The van der Waals surface area contributed by atoms with Crippen molar-refractivity contribution in [1.29, 1.82) is 0 Å². The van der Waals surface area contributed by atoms with Crippen LogP contribution in [0.5, 0.6) is 11.5 Å². The van der Waals surface area contributed by atoms with E-state index in [4.69, 9.17) is 5.11 Å². The standard InChI is InChI=1S/C14H4F8O3/c1-2(23)25-14-11(21)7(17)4(8(18)12(14)22)3-5(15)9(19)13(24)10(20)6(3)16/h24H,1H3. The van der Waals surface area contributed by atoms with Gasteiger partial charge in [-0.05, 0) is 0 Å². The second-order valence-corrected chi connectivity index (χ2v) is 4.53. The van der Waals surface area contributed by atoms with E-state index in [2.05, 4.69) is 4.74 Å². The lowest BCUT2D eigenvalue weighted by Crippen LogP contribution is -2.11. The summed E-state index contributed by atoms with van der Waals surface area (Å²) in [6.45, 7) is 0.632. The minimum atomic E-state index is -2.51. The maximum Gasteiger partial charge on any atom is 0.308 e. The zero-order valence-corrected chi connectivity index (χ0v) is 11.8. The topological polar surface area (TPSA) is 46.5 Å². The van der Waals surface area contributed by atoms with E-state index >= 15 is 0 Å². The number of aromatic hydroxyl groups is 1. The van der Waals surface area contributed by atoms with E-state index in [1.807, 2.05) is 0 Å². The maximum absolute atomic E-state index is 13.9. The number of phenolic OH excluding ortho intramolecular Hbond substituents is 1. The molecule has 134 valence electrons. The molecule has 1 N–H and O–H groups in total. The van der Waals surface area contributed by atoms with Gasteiger partial charge in [0.1, 0.15) is 0 Å². The summed E-state index contributed by atoms with van der Waals surface area (Å²) in [4.78, 5) is 10.7. The number of ether oxygens (including phenoxy) is 1. The van der Waals surface area contributed by atoms with Gasteiger partial charge in [-0.25, -0.2) is 17.6 Å². The van der Waals surface area contributed by atoms with Gasteiger partial charge < -0.3 is 9.84 Å². The summed E-state index contributed by atoms with van der Waals surface area (Å²) in [5, 5.41) is 8.81. The summed E-state index contributed by atoms with van der Waals surface area (Å²) in [5.41, 5.74) is -4.28. The fourth-order valence-corrected chi connectivity index (χ4v) is 1.90. The SMILES string of the molecule is CC(=O)Oc1c(F)c(F)c(-c2c(F)c(F)c(O)c(F)c2F)c(F)c1F. The van der Waals surface area contributed by atoms with Crippen molar-refractivity contribution < 1.29 is 49.8 Å². The first-order valence-electron chi connectivity index (χ1n) is 6.10. The van der Waals surface area contributed by atoms with E-state index in [1.165, 1.54) is 0 Å². The summed E-state index contributed by atoms with van der Waals surface area (Å²) in [6.07, 6.45) is 0. The molecule has 0 bridgehead atoms. The van der Waals surface area contributed by atoms with Crippen molar-refractivity contribution in [3.05, 3.63) is 46.5 Å². The van der Waals surface area contributed by atoms with Crippen LogP contribution in [-0.4, -0.2) is 11.1 Å². The van der Waals surface area contributed by atoms with Crippen molar-refractivity contribution in [3.8, 4) is 22.6 Å². The number of rotatable bonds is 2. The van der Waals surface area contributed by atoms with E-state index in [9.17, 15) is 39.9 Å². The third-order valence-electron chi connectivity index (χ3n) is 2.96. The summed E-state index contributed by atoms with van der Waals surface area (Å²) in [5.74, 6) is -25.0. The monoisotopic (exact) mass is 372 g/mol. The molecule has 0 aliphatic heterocycles. The van der Waals surface area contributed by atoms with Crippen LogP contribution in [0.25, 0.3) is 11.1 Å². The van der Waals surface area contributed by atoms with Gasteiger partial charge in [0, 0.05) is 6.92 Å². The summed E-state index contributed by atoms with van der Waals surface area (Å²) < 4.78 is 113. The molecule has 0 aromatic heterocycles. The zero-order valence-electron chi connectivity index (χ0n) is 11.8. The highest BCUT2D eigenvalue weighted by Gasteiger charge is 2.35. The van der Waals surface area contributed by atoms with Crippen LogP contribution in [0.1, 0.15) is 6.92 Å². The molecule has 0 fully saturated rings. The Hall–Kier alpha value is -2.85. The number of halogens is 8. The molecule has 0 radical (unpaired) electrons. The Morgan fingerprint density at radius 1 is 0.680 bits per heavy atom. The van der Waals surface area contributed by atoms with Crippen molar-refractivity contribution in [3.63, 3.8) is 0 Å². The van der Waals surface area contributed by atoms with Crippen LogP contribution >= 0.6 is 0 Å². The van der Waals surface area contributed by atoms with E-state index in [0.29, 0.717) is 6.92 Å². The molecule has 25 heavy (non-hydrogen) atoms. The quantitative estimate of drug-likeness (QED) is 0.374. The average Bonchev–Trinajstić information content (AvgIpc) is 2.56. The predicted molar refractivity (Wildman–Crippen MR) is 64.5 cm³/mol. The Bertz CT molecular complexity index is 852. The van der Waals surface area contributed by atoms with Gasteiger partial charge in [0.25, 0.3) is 0 Å². The molecular weight excluding hydrogens is 368 g/mol. The van der Waals surface area contributed by atoms with Gasteiger partial charge in [0.15, 0.2) is 29.0 Å². The number of hydrogen-bond acceptors (Lipinski definition) is 3. The third-order valence-corrected chi connectivity index (χ3v) is 2.96. The minimum absolute atomic E-state index is 0.632. The number of hydrogen-bond donors (Lipinski definition) is 1. The smallest absolute Gasteiger partial charge is 0.308 e. The lowest BCUT2D eigenvalue weighted by atomic mass is 10.0. The molecule has 0 atom stereocenters. The maximum atomic E-state index is 13.9. The van der Waals surface area contributed by atoms with Crippen molar-refractivity contribution >= 4 is 5.97 Å². The van der Waals surface area contributed by atoms with Crippen LogP contribution in [0.15, 0.2) is 0 Å². The molecule has 0 unspecified atom stereocenters. The van der Waals surface area contributed by atoms with Crippen LogP contribution in [-0.2, 0) is 4.79 Å². The van der Waals surface area contributed by atoms with E-state index < -0.39 is 75.1 Å². The zero-order chi connectivity index (χ0) is 19.2. The first-order chi connectivity index (χ1) is 11.5. The second kappa shape index (κ2) is 6.22. The normalized spacial score (nSPS) is 10.9. The minimum Gasteiger partial charge on any atom is -0.503 e. The molecule has 0 saturated heterocycles. The van der Waals surface area contributed by atoms with Crippen molar-refractivity contribution in [2.45, 2.75) is 6.92 Å². The Morgan fingerprint density at radius 2 is 1.00 bits per heavy atom. The van der Waals surface area contributed by atoms with Crippen LogP contribution in [0.2, 0.25) is 0 Å². The van der Waals surface area contributed by atoms with Gasteiger partial charge in [-0.15, -0.1) is 0 Å². The van der Waals surface area contributed by atoms with Crippen LogP contribution in [0, 0.1) is 46.5 Å². The molecule has 0 aliphatic rings. The highest BCUT2D eigenvalue weighted by atomic mass is 19.2. The van der Waals surface area contributed by atoms with Gasteiger partial charge in [-0.1, -0.05) is 0 Å². The number of benzene rings is 2. The fraction of sp³-hybridized carbons (Fsp3) is 0.0714. The van der Waals surface area contributed by atoms with Gasteiger partial charge >= 0.3 is 5.97 Å². The largest absolute Gasteiger partial charge is 0.503 e. The first-order valence-corrected chi connectivity index (χ1v) is 6.10. The molecule has 0 amide bonds. The second-order valence-electron chi connectivity index (χ2n) is 4.53. The summed E-state index contributed by atoms with van der Waals surface area (Å²) in [7, 11) is 0. The van der Waals surface area contributed by atoms with E-state index in [0.717, 1.165) is 0 Å². The lowest BCUT2D eigenvalue weighted by Gasteiger charge is -2.14. The molecular formula is C14H4F8O3. The number of carbonyl (C=O) groups excluding carboxylic acids is 1. The molecule has 0 saturated carbocycles. The van der Waals surface area contributed by atoms with Crippen molar-refractivity contribution in [2.75, 3.05) is 0 Å².